The van der Waals surface area contributed by atoms with Gasteiger partial charge in [0.2, 0.25) is 0 Å². The first-order valence-corrected chi connectivity index (χ1v) is 4.75. The van der Waals surface area contributed by atoms with Crippen LogP contribution in [-0.2, 0) is 4.79 Å². The third-order valence-electron chi connectivity index (χ3n) is 2.38. The Labute approximate surface area is 89.4 Å². The molecule has 0 radical (unpaired) electrons. The number of hydrogen-bond acceptors (Lipinski definition) is 3. The lowest BCUT2D eigenvalue weighted by Crippen LogP contribution is -2.34. The van der Waals surface area contributed by atoms with Crippen molar-refractivity contribution in [1.29, 1.82) is 0 Å². The Morgan fingerprint density at radius 2 is 1.93 bits per heavy atom. The molecule has 1 amide bonds. The molecule has 0 heterocycles. The van der Waals surface area contributed by atoms with Crippen LogP contribution < -0.4 is 16.0 Å². The molecule has 0 saturated heterocycles. The lowest BCUT2D eigenvalue weighted by Gasteiger charge is -2.13. The molecule has 4 nitrogen and oxygen atoms in total. The first-order chi connectivity index (χ1) is 7.06. The van der Waals surface area contributed by atoms with Crippen molar-refractivity contribution in [2.24, 2.45) is 5.84 Å². The highest BCUT2D eigenvalue weighted by Gasteiger charge is 2.07. The van der Waals surface area contributed by atoms with Crippen LogP contribution in [0.2, 0.25) is 0 Å². The maximum absolute atomic E-state index is 10.9. The van der Waals surface area contributed by atoms with E-state index in [1.165, 1.54) is 0 Å². The molecule has 0 aliphatic heterocycles. The van der Waals surface area contributed by atoms with Crippen LogP contribution in [0.3, 0.4) is 0 Å². The maximum atomic E-state index is 10.9. The number of hydrazine groups is 1. The van der Waals surface area contributed by atoms with Crippen LogP contribution in [-0.4, -0.2) is 12.5 Å². The Morgan fingerprint density at radius 1 is 1.33 bits per heavy atom. The molecule has 0 aliphatic carbocycles. The van der Waals surface area contributed by atoms with Gasteiger partial charge >= 0.3 is 0 Å². The fourth-order valence-corrected chi connectivity index (χ4v) is 1.33. The first kappa shape index (κ1) is 11.5. The van der Waals surface area contributed by atoms with Gasteiger partial charge in [0.1, 0.15) is 5.75 Å². The van der Waals surface area contributed by atoms with Gasteiger partial charge in [0.15, 0.2) is 6.61 Å². The van der Waals surface area contributed by atoms with E-state index < -0.39 is 0 Å². The van der Waals surface area contributed by atoms with Crippen molar-refractivity contribution >= 4 is 5.91 Å². The fourth-order valence-electron chi connectivity index (χ4n) is 1.33. The molecular weight excluding hydrogens is 192 g/mol. The smallest absolute Gasteiger partial charge is 0.271 e. The summed E-state index contributed by atoms with van der Waals surface area (Å²) in [6.45, 7) is 5.87. The quantitative estimate of drug-likeness (QED) is 0.442. The summed E-state index contributed by atoms with van der Waals surface area (Å²) >= 11 is 0. The first-order valence-electron chi connectivity index (χ1n) is 4.75. The largest absolute Gasteiger partial charge is 0.483 e. The molecule has 4 heteroatoms. The average Bonchev–Trinajstić information content (AvgIpc) is 2.23. The van der Waals surface area contributed by atoms with Crippen molar-refractivity contribution in [1.82, 2.24) is 5.43 Å². The van der Waals surface area contributed by atoms with Gasteiger partial charge in [-0.1, -0.05) is 12.1 Å². The molecule has 0 aromatic heterocycles. The van der Waals surface area contributed by atoms with Gasteiger partial charge in [-0.3, -0.25) is 10.2 Å². The molecule has 1 rings (SSSR count). The highest BCUT2D eigenvalue weighted by molar-refractivity contribution is 5.76. The van der Waals surface area contributed by atoms with Crippen molar-refractivity contribution in [2.45, 2.75) is 20.8 Å². The van der Waals surface area contributed by atoms with Crippen LogP contribution >= 0.6 is 0 Å². The fraction of sp³-hybridized carbons (Fsp3) is 0.364. The van der Waals surface area contributed by atoms with E-state index in [1.54, 1.807) is 0 Å². The minimum absolute atomic E-state index is 0.0539. The van der Waals surface area contributed by atoms with Crippen molar-refractivity contribution in [3.63, 3.8) is 0 Å². The van der Waals surface area contributed by atoms with E-state index in [0.29, 0.717) is 0 Å². The van der Waals surface area contributed by atoms with Gasteiger partial charge in [-0.05, 0) is 37.5 Å². The molecule has 1 aromatic carbocycles. The number of rotatable bonds is 3. The molecule has 0 spiro atoms. The van der Waals surface area contributed by atoms with Gasteiger partial charge in [0.05, 0.1) is 0 Å². The summed E-state index contributed by atoms with van der Waals surface area (Å²) in [5, 5.41) is 0. The van der Waals surface area contributed by atoms with E-state index in [1.807, 2.05) is 38.3 Å². The molecule has 0 fully saturated rings. The Bertz CT molecular complexity index is 375. The van der Waals surface area contributed by atoms with Crippen molar-refractivity contribution < 1.29 is 9.53 Å². The van der Waals surface area contributed by atoms with Crippen LogP contribution in [0.5, 0.6) is 5.75 Å². The summed E-state index contributed by atoms with van der Waals surface area (Å²) in [4.78, 5) is 10.9. The van der Waals surface area contributed by atoms with Gasteiger partial charge in [-0.25, -0.2) is 5.84 Å². The van der Waals surface area contributed by atoms with Gasteiger partial charge in [-0.2, -0.15) is 0 Å². The second kappa shape index (κ2) is 4.79. The number of carbonyl (C=O) groups is 1. The van der Waals surface area contributed by atoms with Crippen molar-refractivity contribution in [3.05, 3.63) is 28.8 Å². The van der Waals surface area contributed by atoms with E-state index in [-0.39, 0.29) is 12.5 Å². The Morgan fingerprint density at radius 3 is 2.53 bits per heavy atom. The number of nitrogens with two attached hydrogens (primary N) is 1. The number of carbonyl (C=O) groups excluding carboxylic acids is 1. The Kier molecular flexibility index (Phi) is 3.68. The van der Waals surface area contributed by atoms with Crippen LogP contribution in [0, 0.1) is 20.8 Å². The zero-order chi connectivity index (χ0) is 11.4. The lowest BCUT2D eigenvalue weighted by molar-refractivity contribution is -0.123. The number of aryl methyl sites for hydroxylation is 2. The summed E-state index contributed by atoms with van der Waals surface area (Å²) in [5.41, 5.74) is 5.24. The SMILES string of the molecule is Cc1ccc(C)c(OCC(=O)NN)c1C. The van der Waals surface area contributed by atoms with Crippen LogP contribution in [0.4, 0.5) is 0 Å². The van der Waals surface area contributed by atoms with Crippen molar-refractivity contribution in [2.75, 3.05) is 6.61 Å². The molecule has 1 aromatic rings. The molecule has 0 unspecified atom stereocenters. The van der Waals surface area contributed by atoms with E-state index in [9.17, 15) is 4.79 Å². The summed E-state index contributed by atoms with van der Waals surface area (Å²) in [6, 6.07) is 4.00. The molecule has 0 aliphatic rings. The molecule has 82 valence electrons. The predicted molar refractivity (Wildman–Crippen MR) is 58.5 cm³/mol. The standard InChI is InChI=1S/C11H16N2O2/c1-7-4-5-8(2)11(9(7)3)15-6-10(14)13-12/h4-5H,6,12H2,1-3H3,(H,13,14). The number of amides is 1. The third-order valence-corrected chi connectivity index (χ3v) is 2.38. The van der Waals surface area contributed by atoms with Gasteiger partial charge in [0.25, 0.3) is 5.91 Å². The number of nitrogens with one attached hydrogen (secondary N) is 1. The monoisotopic (exact) mass is 208 g/mol. The summed E-state index contributed by atoms with van der Waals surface area (Å²) in [6.07, 6.45) is 0. The van der Waals surface area contributed by atoms with Crippen LogP contribution in [0.15, 0.2) is 12.1 Å². The topological polar surface area (TPSA) is 64.3 Å². The molecule has 0 atom stereocenters. The minimum Gasteiger partial charge on any atom is -0.483 e. The van der Waals surface area contributed by atoms with E-state index in [4.69, 9.17) is 10.6 Å². The van der Waals surface area contributed by atoms with Crippen molar-refractivity contribution in [3.8, 4) is 5.75 Å². The number of benzene rings is 1. The summed E-state index contributed by atoms with van der Waals surface area (Å²) < 4.78 is 5.41. The highest BCUT2D eigenvalue weighted by atomic mass is 16.5. The summed E-state index contributed by atoms with van der Waals surface area (Å²) in [5.74, 6) is 5.39. The zero-order valence-corrected chi connectivity index (χ0v) is 9.26. The second-order valence-corrected chi connectivity index (χ2v) is 3.51. The molecule has 15 heavy (non-hydrogen) atoms. The molecular formula is C11H16N2O2. The van der Waals surface area contributed by atoms with E-state index in [2.05, 4.69) is 0 Å². The normalized spacial score (nSPS) is 9.87. The molecule has 3 N–H and O–H groups in total. The van der Waals surface area contributed by atoms with Gasteiger partial charge in [-0.15, -0.1) is 0 Å². The highest BCUT2D eigenvalue weighted by Crippen LogP contribution is 2.25. The molecule has 0 bridgehead atoms. The Hall–Kier alpha value is -1.55. The average molecular weight is 208 g/mol. The van der Waals surface area contributed by atoms with E-state index in [0.717, 1.165) is 22.4 Å². The maximum Gasteiger partial charge on any atom is 0.271 e. The van der Waals surface area contributed by atoms with Gasteiger partial charge < -0.3 is 4.74 Å². The summed E-state index contributed by atoms with van der Waals surface area (Å²) in [7, 11) is 0. The predicted octanol–water partition coefficient (Wildman–Crippen LogP) is 0.981. The number of ether oxygens (including phenoxy) is 1. The lowest BCUT2D eigenvalue weighted by atomic mass is 10.1. The number of hydrogen-bond donors (Lipinski definition) is 2. The van der Waals surface area contributed by atoms with Crippen LogP contribution in [0.25, 0.3) is 0 Å². The molecule has 0 saturated carbocycles. The van der Waals surface area contributed by atoms with Gasteiger partial charge in [0, 0.05) is 0 Å². The van der Waals surface area contributed by atoms with Crippen LogP contribution in [0.1, 0.15) is 16.7 Å². The minimum atomic E-state index is -0.338. The van der Waals surface area contributed by atoms with E-state index >= 15 is 0 Å². The third kappa shape index (κ3) is 2.70. The zero-order valence-electron chi connectivity index (χ0n) is 9.26. The Balaban J connectivity index is 2.84. The second-order valence-electron chi connectivity index (χ2n) is 3.51.